The number of ether oxygens (including phenoxy) is 1. The molecule has 2 rings (SSSR count). The molecule has 0 spiro atoms. The molecule has 1 atom stereocenters. The van der Waals surface area contributed by atoms with Gasteiger partial charge in [0.1, 0.15) is 5.82 Å². The van der Waals surface area contributed by atoms with E-state index >= 15 is 0 Å². The summed E-state index contributed by atoms with van der Waals surface area (Å²) in [5.74, 6) is 0.638. The Balaban J connectivity index is 1.99. The van der Waals surface area contributed by atoms with Gasteiger partial charge in [-0.05, 0) is 45.0 Å². The van der Waals surface area contributed by atoms with E-state index in [1.54, 1.807) is 31.4 Å². The van der Waals surface area contributed by atoms with Crippen LogP contribution in [0.2, 0.25) is 0 Å². The maximum absolute atomic E-state index is 12.4. The van der Waals surface area contributed by atoms with Gasteiger partial charge in [0.05, 0.1) is 11.9 Å². The Morgan fingerprint density at radius 1 is 1.28 bits per heavy atom. The molecule has 1 N–H and O–H groups in total. The van der Waals surface area contributed by atoms with Crippen LogP contribution in [0.5, 0.6) is 0 Å². The Hall–Kier alpha value is -2.19. The zero-order valence-corrected chi connectivity index (χ0v) is 15.6. The summed E-state index contributed by atoms with van der Waals surface area (Å²) in [5, 5.41) is 11.4. The number of amides is 1. The SMILES string of the molecule is COCCn1c(C)nnc1SC(C)C(=O)Nc1ccc(C(C)=O)cc1. The number of rotatable bonds is 8. The minimum atomic E-state index is -0.350. The number of anilines is 1. The molecular weight excluding hydrogens is 340 g/mol. The highest BCUT2D eigenvalue weighted by atomic mass is 32.2. The molecule has 0 saturated heterocycles. The summed E-state index contributed by atoms with van der Waals surface area (Å²) in [5.41, 5.74) is 1.27. The van der Waals surface area contributed by atoms with Crippen LogP contribution in [-0.2, 0) is 16.1 Å². The minimum absolute atomic E-state index is 0.00688. The van der Waals surface area contributed by atoms with Crippen LogP contribution in [0.4, 0.5) is 5.69 Å². The minimum Gasteiger partial charge on any atom is -0.383 e. The number of methoxy groups -OCH3 is 1. The third kappa shape index (κ3) is 5.14. The molecule has 1 aromatic carbocycles. The van der Waals surface area contributed by atoms with Crippen molar-refractivity contribution >= 4 is 29.1 Å². The molecule has 0 bridgehead atoms. The van der Waals surface area contributed by atoms with Crippen molar-refractivity contribution in [2.24, 2.45) is 0 Å². The second-order valence-corrected chi connectivity index (χ2v) is 6.87. The number of carbonyl (C=O) groups excluding carboxylic acids is 2. The maximum Gasteiger partial charge on any atom is 0.237 e. The summed E-state index contributed by atoms with van der Waals surface area (Å²) < 4.78 is 7.02. The van der Waals surface area contributed by atoms with Crippen molar-refractivity contribution in [2.45, 2.75) is 37.7 Å². The summed E-state index contributed by atoms with van der Waals surface area (Å²) >= 11 is 1.34. The molecule has 134 valence electrons. The molecule has 1 unspecified atom stereocenters. The van der Waals surface area contributed by atoms with E-state index in [1.165, 1.54) is 18.7 Å². The maximum atomic E-state index is 12.4. The smallest absolute Gasteiger partial charge is 0.237 e. The first-order valence-electron chi connectivity index (χ1n) is 7.89. The Kier molecular flexibility index (Phi) is 6.72. The van der Waals surface area contributed by atoms with Gasteiger partial charge in [-0.1, -0.05) is 11.8 Å². The Labute approximate surface area is 151 Å². The fourth-order valence-corrected chi connectivity index (χ4v) is 3.05. The standard InChI is InChI=1S/C17H22N4O3S/c1-11(22)14-5-7-15(8-6-14)18-16(23)12(2)25-17-20-19-13(3)21(17)9-10-24-4/h5-8,12H,9-10H2,1-4H3,(H,18,23). The first-order valence-corrected chi connectivity index (χ1v) is 8.77. The normalized spacial score (nSPS) is 12.0. The number of aryl methyl sites for hydroxylation is 1. The van der Waals surface area contributed by atoms with Crippen LogP contribution >= 0.6 is 11.8 Å². The van der Waals surface area contributed by atoms with E-state index in [0.717, 1.165) is 5.82 Å². The Morgan fingerprint density at radius 2 is 1.96 bits per heavy atom. The molecular formula is C17H22N4O3S. The largest absolute Gasteiger partial charge is 0.383 e. The van der Waals surface area contributed by atoms with Crippen molar-refractivity contribution in [3.05, 3.63) is 35.7 Å². The predicted octanol–water partition coefficient (Wildman–Crippen LogP) is 2.55. The molecule has 0 fully saturated rings. The number of ketones is 1. The van der Waals surface area contributed by atoms with Gasteiger partial charge in [0.25, 0.3) is 0 Å². The molecule has 0 aliphatic heterocycles. The van der Waals surface area contributed by atoms with E-state index in [2.05, 4.69) is 15.5 Å². The molecule has 0 radical (unpaired) electrons. The van der Waals surface area contributed by atoms with Crippen LogP contribution < -0.4 is 5.32 Å². The van der Waals surface area contributed by atoms with E-state index in [1.807, 2.05) is 18.4 Å². The molecule has 2 aromatic rings. The van der Waals surface area contributed by atoms with Crippen LogP contribution in [0.1, 0.15) is 30.0 Å². The summed E-state index contributed by atoms with van der Waals surface area (Å²) in [4.78, 5) is 23.7. The summed E-state index contributed by atoms with van der Waals surface area (Å²) in [6, 6.07) is 6.83. The average Bonchev–Trinajstić information content (AvgIpc) is 2.93. The zero-order chi connectivity index (χ0) is 18.4. The van der Waals surface area contributed by atoms with Crippen molar-refractivity contribution < 1.29 is 14.3 Å². The lowest BCUT2D eigenvalue weighted by Crippen LogP contribution is -2.23. The van der Waals surface area contributed by atoms with E-state index in [-0.39, 0.29) is 16.9 Å². The second-order valence-electron chi connectivity index (χ2n) is 5.56. The van der Waals surface area contributed by atoms with Crippen molar-refractivity contribution in [1.29, 1.82) is 0 Å². The van der Waals surface area contributed by atoms with Gasteiger partial charge in [-0.3, -0.25) is 9.59 Å². The highest BCUT2D eigenvalue weighted by Crippen LogP contribution is 2.23. The van der Waals surface area contributed by atoms with Crippen LogP contribution in [-0.4, -0.2) is 45.4 Å². The Bertz CT molecular complexity index is 743. The lowest BCUT2D eigenvalue weighted by Gasteiger charge is -2.13. The van der Waals surface area contributed by atoms with E-state index in [4.69, 9.17) is 4.74 Å². The predicted molar refractivity (Wildman–Crippen MR) is 97.0 cm³/mol. The van der Waals surface area contributed by atoms with Crippen LogP contribution in [0.3, 0.4) is 0 Å². The lowest BCUT2D eigenvalue weighted by atomic mass is 10.1. The number of aromatic nitrogens is 3. The van der Waals surface area contributed by atoms with Gasteiger partial charge in [-0.15, -0.1) is 10.2 Å². The number of hydrogen-bond donors (Lipinski definition) is 1. The van der Waals surface area contributed by atoms with E-state index < -0.39 is 0 Å². The summed E-state index contributed by atoms with van der Waals surface area (Å²) in [6.45, 7) is 6.38. The monoisotopic (exact) mass is 362 g/mol. The molecule has 25 heavy (non-hydrogen) atoms. The molecule has 1 aromatic heterocycles. The van der Waals surface area contributed by atoms with Crippen molar-refractivity contribution in [3.8, 4) is 0 Å². The molecule has 0 saturated carbocycles. The quantitative estimate of drug-likeness (QED) is 0.574. The topological polar surface area (TPSA) is 86.1 Å². The fourth-order valence-electron chi connectivity index (χ4n) is 2.13. The first-order chi connectivity index (χ1) is 11.9. The van der Waals surface area contributed by atoms with Gasteiger partial charge in [-0.2, -0.15) is 0 Å². The van der Waals surface area contributed by atoms with Crippen LogP contribution in [0.25, 0.3) is 0 Å². The number of Topliss-reactive ketones (excluding diaryl/α,β-unsaturated/α-hetero) is 1. The highest BCUT2D eigenvalue weighted by Gasteiger charge is 2.19. The van der Waals surface area contributed by atoms with E-state index in [0.29, 0.717) is 29.6 Å². The van der Waals surface area contributed by atoms with Crippen LogP contribution in [0.15, 0.2) is 29.4 Å². The van der Waals surface area contributed by atoms with Crippen molar-refractivity contribution in [1.82, 2.24) is 14.8 Å². The number of hydrogen-bond acceptors (Lipinski definition) is 6. The molecule has 1 amide bonds. The van der Waals surface area contributed by atoms with Gasteiger partial charge in [0.15, 0.2) is 10.9 Å². The number of thioether (sulfide) groups is 1. The third-order valence-corrected chi connectivity index (χ3v) is 4.71. The molecule has 1 heterocycles. The van der Waals surface area contributed by atoms with E-state index in [9.17, 15) is 9.59 Å². The molecule has 8 heteroatoms. The molecule has 7 nitrogen and oxygen atoms in total. The van der Waals surface area contributed by atoms with Gasteiger partial charge in [-0.25, -0.2) is 0 Å². The highest BCUT2D eigenvalue weighted by molar-refractivity contribution is 8.00. The van der Waals surface area contributed by atoms with Crippen molar-refractivity contribution in [3.63, 3.8) is 0 Å². The fraction of sp³-hybridized carbons (Fsp3) is 0.412. The number of benzene rings is 1. The van der Waals surface area contributed by atoms with Crippen LogP contribution in [0, 0.1) is 6.92 Å². The van der Waals surface area contributed by atoms with Gasteiger partial charge in [0.2, 0.25) is 5.91 Å². The van der Waals surface area contributed by atoms with Gasteiger partial charge in [0, 0.05) is 24.9 Å². The first kappa shape index (κ1) is 19.1. The summed E-state index contributed by atoms with van der Waals surface area (Å²) in [6.07, 6.45) is 0. The third-order valence-electron chi connectivity index (χ3n) is 3.63. The second kappa shape index (κ2) is 8.77. The average molecular weight is 362 g/mol. The van der Waals surface area contributed by atoms with Crippen molar-refractivity contribution in [2.75, 3.05) is 19.0 Å². The van der Waals surface area contributed by atoms with Gasteiger partial charge < -0.3 is 14.6 Å². The Morgan fingerprint density at radius 3 is 2.56 bits per heavy atom. The zero-order valence-electron chi connectivity index (χ0n) is 14.8. The number of nitrogens with one attached hydrogen (secondary N) is 1. The number of nitrogens with zero attached hydrogens (tertiary/aromatic N) is 3. The van der Waals surface area contributed by atoms with Gasteiger partial charge >= 0.3 is 0 Å². The molecule has 0 aliphatic rings. The summed E-state index contributed by atoms with van der Waals surface area (Å²) in [7, 11) is 1.64. The lowest BCUT2D eigenvalue weighted by molar-refractivity contribution is -0.115. The number of carbonyl (C=O) groups is 2. The molecule has 0 aliphatic carbocycles.